The monoisotopic (exact) mass is 310 g/mol. The van der Waals surface area contributed by atoms with Gasteiger partial charge in [0.15, 0.2) is 0 Å². The summed E-state index contributed by atoms with van der Waals surface area (Å²) in [5, 5.41) is 2.79. The van der Waals surface area contributed by atoms with Crippen molar-refractivity contribution in [2.24, 2.45) is 5.73 Å². The van der Waals surface area contributed by atoms with Gasteiger partial charge in [0.2, 0.25) is 5.91 Å². The number of para-hydroxylation sites is 1. The molecule has 0 aromatic heterocycles. The van der Waals surface area contributed by atoms with Crippen molar-refractivity contribution in [3.8, 4) is 5.75 Å². The van der Waals surface area contributed by atoms with Crippen molar-refractivity contribution in [2.45, 2.75) is 25.9 Å². The molecule has 0 aliphatic carbocycles. The van der Waals surface area contributed by atoms with Gasteiger partial charge in [-0.05, 0) is 31.2 Å². The van der Waals surface area contributed by atoms with Crippen LogP contribution in [0.3, 0.4) is 0 Å². The van der Waals surface area contributed by atoms with E-state index in [9.17, 15) is 9.59 Å². The number of fused-ring (bicyclic) bond motifs is 1. The van der Waals surface area contributed by atoms with E-state index in [1.807, 2.05) is 19.1 Å². The number of hydrogen-bond donors (Lipinski definition) is 2. The molecule has 0 saturated carbocycles. The summed E-state index contributed by atoms with van der Waals surface area (Å²) in [7, 11) is 0. The second-order valence-corrected chi connectivity index (χ2v) is 5.73. The summed E-state index contributed by atoms with van der Waals surface area (Å²) in [6.45, 7) is 4.07. The Kier molecular flexibility index (Phi) is 3.78. The van der Waals surface area contributed by atoms with E-state index in [-0.39, 0.29) is 17.9 Å². The van der Waals surface area contributed by atoms with Crippen molar-refractivity contribution < 1.29 is 14.3 Å². The third kappa shape index (κ3) is 2.77. The molecule has 5 nitrogen and oxygen atoms in total. The number of nitrogens with two attached hydrogens (primary N) is 1. The molecular weight excluding hydrogens is 292 g/mol. The molecule has 0 spiro atoms. The molecule has 1 aliphatic heterocycles. The number of anilines is 1. The van der Waals surface area contributed by atoms with Crippen molar-refractivity contribution in [3.63, 3.8) is 0 Å². The van der Waals surface area contributed by atoms with Crippen molar-refractivity contribution >= 4 is 17.5 Å². The maximum Gasteiger partial charge on any atom is 0.259 e. The zero-order chi connectivity index (χ0) is 16.6. The Morgan fingerprint density at radius 1 is 1.13 bits per heavy atom. The lowest BCUT2D eigenvalue weighted by molar-refractivity contribution is 0.0995. The number of hydrogen-bond acceptors (Lipinski definition) is 3. The van der Waals surface area contributed by atoms with Crippen LogP contribution in [0.4, 0.5) is 5.69 Å². The summed E-state index contributed by atoms with van der Waals surface area (Å²) >= 11 is 0. The lowest BCUT2D eigenvalue weighted by atomic mass is 9.97. The number of carbonyl (C=O) groups excluding carboxylic acids is 2. The molecular formula is C18H18N2O3. The van der Waals surface area contributed by atoms with Crippen molar-refractivity contribution in [3.05, 3.63) is 59.2 Å². The van der Waals surface area contributed by atoms with Gasteiger partial charge in [-0.15, -0.1) is 0 Å². The van der Waals surface area contributed by atoms with E-state index in [2.05, 4.69) is 12.2 Å². The molecule has 2 aromatic carbocycles. The molecule has 1 heterocycles. The van der Waals surface area contributed by atoms with E-state index in [1.165, 1.54) is 0 Å². The minimum atomic E-state index is -0.535. The first-order valence-corrected chi connectivity index (χ1v) is 7.48. The average molecular weight is 310 g/mol. The third-order valence-corrected chi connectivity index (χ3v) is 4.19. The van der Waals surface area contributed by atoms with Gasteiger partial charge in [0, 0.05) is 22.7 Å². The Bertz CT molecular complexity index is 786. The standard InChI is InChI=1S/C18H18N2O3/c1-10-11(2)23-16-14(10)7-4-8-15(16)18(22)20-13-6-3-5-12(9-13)17(19)21/h3-11H,1-2H3,(H2,19,21)(H,20,22)/t10-,11+/m1/s1. The van der Waals surface area contributed by atoms with Crippen LogP contribution >= 0.6 is 0 Å². The van der Waals surface area contributed by atoms with E-state index >= 15 is 0 Å². The van der Waals surface area contributed by atoms with E-state index in [0.717, 1.165) is 5.56 Å². The highest BCUT2D eigenvalue weighted by Crippen LogP contribution is 2.40. The van der Waals surface area contributed by atoms with Crippen LogP contribution in [-0.2, 0) is 0 Å². The highest BCUT2D eigenvalue weighted by atomic mass is 16.5. The molecule has 2 aromatic rings. The Hall–Kier alpha value is -2.82. The van der Waals surface area contributed by atoms with Gasteiger partial charge in [-0.3, -0.25) is 9.59 Å². The minimum Gasteiger partial charge on any atom is -0.489 e. The Morgan fingerprint density at radius 3 is 2.61 bits per heavy atom. The Morgan fingerprint density at radius 2 is 1.87 bits per heavy atom. The second kappa shape index (κ2) is 5.76. The second-order valence-electron chi connectivity index (χ2n) is 5.73. The van der Waals surface area contributed by atoms with Crippen molar-refractivity contribution in [2.75, 3.05) is 5.32 Å². The van der Waals surface area contributed by atoms with E-state index in [1.54, 1.807) is 30.3 Å². The van der Waals surface area contributed by atoms with Crippen LogP contribution in [0.25, 0.3) is 0 Å². The van der Waals surface area contributed by atoms with Gasteiger partial charge in [-0.1, -0.05) is 25.1 Å². The fourth-order valence-electron chi connectivity index (χ4n) is 2.71. The number of carbonyl (C=O) groups is 2. The molecule has 0 unspecified atom stereocenters. The molecule has 3 N–H and O–H groups in total. The first kappa shape index (κ1) is 15.1. The molecule has 118 valence electrons. The maximum absolute atomic E-state index is 12.6. The number of primary amides is 1. The summed E-state index contributed by atoms with van der Waals surface area (Å²) in [6.07, 6.45) is 0.0390. The smallest absolute Gasteiger partial charge is 0.259 e. The molecule has 2 amide bonds. The highest BCUT2D eigenvalue weighted by molar-refractivity contribution is 6.07. The van der Waals surface area contributed by atoms with Gasteiger partial charge in [0.05, 0.1) is 5.56 Å². The summed E-state index contributed by atoms with van der Waals surface area (Å²) in [5.41, 5.74) is 7.65. The molecule has 0 bridgehead atoms. The number of rotatable bonds is 3. The van der Waals surface area contributed by atoms with Crippen LogP contribution in [0.1, 0.15) is 46.0 Å². The summed E-state index contributed by atoms with van der Waals surface area (Å²) in [5.74, 6) is 0.0736. The first-order chi connectivity index (χ1) is 11.0. The van der Waals surface area contributed by atoms with Crippen LogP contribution in [0.15, 0.2) is 42.5 Å². The molecule has 1 aliphatic rings. The largest absolute Gasteiger partial charge is 0.489 e. The molecule has 0 radical (unpaired) electrons. The number of nitrogens with one attached hydrogen (secondary N) is 1. The third-order valence-electron chi connectivity index (χ3n) is 4.19. The summed E-state index contributed by atoms with van der Waals surface area (Å²) < 4.78 is 5.84. The normalized spacial score (nSPS) is 18.9. The van der Waals surface area contributed by atoms with Gasteiger partial charge in [-0.25, -0.2) is 0 Å². The van der Waals surface area contributed by atoms with Crippen LogP contribution in [-0.4, -0.2) is 17.9 Å². The van der Waals surface area contributed by atoms with Crippen LogP contribution < -0.4 is 15.8 Å². The number of ether oxygens (including phenoxy) is 1. The molecule has 23 heavy (non-hydrogen) atoms. The van der Waals surface area contributed by atoms with E-state index < -0.39 is 5.91 Å². The summed E-state index contributed by atoms with van der Waals surface area (Å²) in [4.78, 5) is 23.8. The zero-order valence-corrected chi connectivity index (χ0v) is 13.0. The van der Waals surface area contributed by atoms with E-state index in [4.69, 9.17) is 10.5 Å². The van der Waals surface area contributed by atoms with Crippen LogP contribution in [0.5, 0.6) is 5.75 Å². The fraction of sp³-hybridized carbons (Fsp3) is 0.222. The quantitative estimate of drug-likeness (QED) is 0.914. The molecule has 0 saturated heterocycles. The Balaban J connectivity index is 1.88. The van der Waals surface area contributed by atoms with Crippen molar-refractivity contribution in [1.82, 2.24) is 0 Å². The van der Waals surface area contributed by atoms with Crippen molar-refractivity contribution in [1.29, 1.82) is 0 Å². The minimum absolute atomic E-state index is 0.0390. The van der Waals surface area contributed by atoms with Gasteiger partial charge in [0.25, 0.3) is 5.91 Å². The molecule has 3 rings (SSSR count). The van der Waals surface area contributed by atoms with Gasteiger partial charge in [0.1, 0.15) is 11.9 Å². The molecule has 5 heteroatoms. The van der Waals surface area contributed by atoms with E-state index in [0.29, 0.717) is 22.6 Å². The number of benzene rings is 2. The number of amides is 2. The average Bonchev–Trinajstić information content (AvgIpc) is 2.82. The lowest BCUT2D eigenvalue weighted by Crippen LogP contribution is -2.15. The SMILES string of the molecule is C[C@@H]1Oc2c(C(=O)Nc3cccc(C(N)=O)c3)cccc2[C@@H]1C. The predicted octanol–water partition coefficient (Wildman–Crippen LogP) is 2.92. The van der Waals surface area contributed by atoms with Crippen LogP contribution in [0.2, 0.25) is 0 Å². The summed E-state index contributed by atoms with van der Waals surface area (Å²) in [6, 6.07) is 12.1. The maximum atomic E-state index is 12.6. The lowest BCUT2D eigenvalue weighted by Gasteiger charge is -2.10. The molecule has 0 fully saturated rings. The van der Waals surface area contributed by atoms with Gasteiger partial charge >= 0.3 is 0 Å². The first-order valence-electron chi connectivity index (χ1n) is 7.48. The molecule has 2 atom stereocenters. The van der Waals surface area contributed by atoms with Gasteiger partial charge in [-0.2, -0.15) is 0 Å². The zero-order valence-electron chi connectivity index (χ0n) is 13.0. The Labute approximate surface area is 134 Å². The fourth-order valence-corrected chi connectivity index (χ4v) is 2.71. The highest BCUT2D eigenvalue weighted by Gasteiger charge is 2.31. The topological polar surface area (TPSA) is 81.4 Å². The van der Waals surface area contributed by atoms with Crippen LogP contribution in [0, 0.1) is 0 Å². The van der Waals surface area contributed by atoms with Gasteiger partial charge < -0.3 is 15.8 Å². The predicted molar refractivity (Wildman–Crippen MR) is 87.9 cm³/mol.